The van der Waals surface area contributed by atoms with Crippen molar-refractivity contribution in [2.75, 3.05) is 0 Å². The van der Waals surface area contributed by atoms with Crippen molar-refractivity contribution in [2.45, 2.75) is 31.3 Å². The highest BCUT2D eigenvalue weighted by Gasteiger charge is 2.57. The quantitative estimate of drug-likeness (QED) is 0.548. The van der Waals surface area contributed by atoms with Crippen molar-refractivity contribution < 1.29 is 19.4 Å². The highest BCUT2D eigenvalue weighted by Crippen LogP contribution is 2.41. The van der Waals surface area contributed by atoms with Crippen molar-refractivity contribution in [1.29, 1.82) is 0 Å². The topological polar surface area (TPSA) is 59.1 Å². The van der Waals surface area contributed by atoms with E-state index in [0.717, 1.165) is 0 Å². The van der Waals surface area contributed by atoms with E-state index in [1.165, 1.54) is 6.26 Å². The Morgan fingerprint density at radius 2 is 2.29 bits per heavy atom. The summed E-state index contributed by atoms with van der Waals surface area (Å²) in [5.74, 6) is -0.0262. The number of fused-ring (bicyclic) bond motifs is 2. The van der Waals surface area contributed by atoms with Gasteiger partial charge in [-0.3, -0.25) is 4.79 Å². The summed E-state index contributed by atoms with van der Waals surface area (Å²) in [6.07, 6.45) is 1.62. The van der Waals surface area contributed by atoms with Crippen LogP contribution in [0.5, 0.6) is 0 Å². The van der Waals surface area contributed by atoms with Gasteiger partial charge in [0.25, 0.3) is 0 Å². The first-order chi connectivity index (χ1) is 6.68. The lowest BCUT2D eigenvalue weighted by Crippen LogP contribution is -2.34. The second-order valence-electron chi connectivity index (χ2n) is 3.83. The van der Waals surface area contributed by atoms with Crippen molar-refractivity contribution in [3.05, 3.63) is 23.5 Å². The van der Waals surface area contributed by atoms with Crippen LogP contribution in [0.15, 0.2) is 23.5 Å². The van der Waals surface area contributed by atoms with Gasteiger partial charge >= 0.3 is 0 Å². The van der Waals surface area contributed by atoms with Gasteiger partial charge in [-0.15, -0.1) is 0 Å². The third-order valence-electron chi connectivity index (χ3n) is 2.80. The molecule has 14 heavy (non-hydrogen) atoms. The van der Waals surface area contributed by atoms with Crippen LogP contribution in [0.4, 0.5) is 0 Å². The molecule has 2 fully saturated rings. The van der Waals surface area contributed by atoms with Crippen LogP contribution < -0.4 is 0 Å². The highest BCUT2D eigenvalue weighted by molar-refractivity contribution is 6.06. The maximum Gasteiger partial charge on any atom is 0.194 e. The zero-order valence-corrected chi connectivity index (χ0v) is 7.64. The van der Waals surface area contributed by atoms with Crippen molar-refractivity contribution in [3.8, 4) is 0 Å². The van der Waals surface area contributed by atoms with Gasteiger partial charge in [0.1, 0.15) is 24.4 Å². The number of ether oxygens (including phenoxy) is 2. The SMILES string of the molecule is C[C@H]1C=C2C(=O)[C@@H]3O[C@@H]3[C@@H](O)C2=CO1. The fourth-order valence-electron chi connectivity index (χ4n) is 1.97. The molecule has 0 amide bonds. The van der Waals surface area contributed by atoms with Gasteiger partial charge < -0.3 is 14.6 Å². The zero-order valence-electron chi connectivity index (χ0n) is 7.64. The number of aliphatic hydroxyl groups is 1. The number of hydrogen-bond acceptors (Lipinski definition) is 4. The van der Waals surface area contributed by atoms with E-state index in [-0.39, 0.29) is 18.0 Å². The van der Waals surface area contributed by atoms with Gasteiger partial charge in [-0.25, -0.2) is 0 Å². The summed E-state index contributed by atoms with van der Waals surface area (Å²) in [4.78, 5) is 11.7. The summed E-state index contributed by atoms with van der Waals surface area (Å²) in [6, 6.07) is 0. The van der Waals surface area contributed by atoms with E-state index in [2.05, 4.69) is 0 Å². The van der Waals surface area contributed by atoms with Gasteiger partial charge in [0.05, 0.1) is 6.26 Å². The number of rotatable bonds is 0. The van der Waals surface area contributed by atoms with Gasteiger partial charge in [-0.05, 0) is 13.0 Å². The molecule has 2 aliphatic heterocycles. The Morgan fingerprint density at radius 3 is 3.07 bits per heavy atom. The molecule has 0 radical (unpaired) electrons. The van der Waals surface area contributed by atoms with Gasteiger partial charge in [0.2, 0.25) is 0 Å². The largest absolute Gasteiger partial charge is 0.494 e. The Bertz CT molecular complexity index is 368. The third kappa shape index (κ3) is 0.923. The van der Waals surface area contributed by atoms with Crippen LogP contribution in [0.1, 0.15) is 6.92 Å². The normalized spacial score (nSPS) is 44.3. The Labute approximate surface area is 80.8 Å². The summed E-state index contributed by atoms with van der Waals surface area (Å²) in [7, 11) is 0. The summed E-state index contributed by atoms with van der Waals surface area (Å²) >= 11 is 0. The van der Waals surface area contributed by atoms with Crippen LogP contribution in [-0.4, -0.2) is 35.3 Å². The van der Waals surface area contributed by atoms with E-state index >= 15 is 0 Å². The van der Waals surface area contributed by atoms with Crippen LogP contribution in [0.2, 0.25) is 0 Å². The molecule has 0 aromatic rings. The molecule has 0 aromatic carbocycles. The van der Waals surface area contributed by atoms with E-state index in [1.807, 2.05) is 6.92 Å². The summed E-state index contributed by atoms with van der Waals surface area (Å²) in [5, 5.41) is 9.75. The second kappa shape index (κ2) is 2.46. The molecule has 1 saturated carbocycles. The molecule has 4 heteroatoms. The molecule has 74 valence electrons. The van der Waals surface area contributed by atoms with Crippen LogP contribution in [0.3, 0.4) is 0 Å². The molecule has 0 spiro atoms. The maximum atomic E-state index is 11.7. The number of carbonyl (C=O) groups excluding carboxylic acids is 1. The number of carbonyl (C=O) groups is 1. The van der Waals surface area contributed by atoms with E-state index in [9.17, 15) is 9.90 Å². The molecular weight excluding hydrogens is 184 g/mol. The van der Waals surface area contributed by atoms with Crippen molar-refractivity contribution in [1.82, 2.24) is 0 Å². The molecule has 2 heterocycles. The average Bonchev–Trinajstić information content (AvgIpc) is 2.94. The molecule has 0 aromatic heterocycles. The second-order valence-corrected chi connectivity index (χ2v) is 3.83. The fourth-order valence-corrected chi connectivity index (χ4v) is 1.97. The Balaban J connectivity index is 2.04. The van der Waals surface area contributed by atoms with Gasteiger partial charge in [0.15, 0.2) is 5.78 Å². The lowest BCUT2D eigenvalue weighted by Gasteiger charge is -2.24. The zero-order chi connectivity index (χ0) is 9.87. The number of hydrogen-bond donors (Lipinski definition) is 1. The van der Waals surface area contributed by atoms with Gasteiger partial charge in [-0.2, -0.15) is 0 Å². The molecule has 0 bridgehead atoms. The van der Waals surface area contributed by atoms with E-state index in [4.69, 9.17) is 9.47 Å². The first-order valence-corrected chi connectivity index (χ1v) is 4.64. The number of epoxide rings is 1. The summed E-state index contributed by atoms with van der Waals surface area (Å²) in [6.45, 7) is 1.85. The summed E-state index contributed by atoms with van der Waals surface area (Å²) in [5.41, 5.74) is 1.13. The first-order valence-electron chi connectivity index (χ1n) is 4.64. The number of ketones is 1. The molecule has 3 rings (SSSR count). The lowest BCUT2D eigenvalue weighted by molar-refractivity contribution is -0.117. The third-order valence-corrected chi connectivity index (χ3v) is 2.80. The van der Waals surface area contributed by atoms with Crippen LogP contribution in [0, 0.1) is 0 Å². The van der Waals surface area contributed by atoms with Crippen molar-refractivity contribution >= 4 is 5.78 Å². The summed E-state index contributed by atoms with van der Waals surface area (Å²) < 4.78 is 10.3. The van der Waals surface area contributed by atoms with Crippen LogP contribution in [-0.2, 0) is 14.3 Å². The minimum absolute atomic E-state index is 0.0262. The predicted octanol–water partition coefficient (Wildman–Crippen LogP) is -0.0736. The molecule has 1 N–H and O–H groups in total. The Hall–Kier alpha value is -1.13. The smallest absolute Gasteiger partial charge is 0.194 e. The fraction of sp³-hybridized carbons (Fsp3) is 0.500. The first kappa shape index (κ1) is 8.20. The van der Waals surface area contributed by atoms with E-state index in [0.29, 0.717) is 11.1 Å². The van der Waals surface area contributed by atoms with Crippen molar-refractivity contribution in [2.24, 2.45) is 0 Å². The van der Waals surface area contributed by atoms with E-state index < -0.39 is 12.2 Å². The molecule has 4 atom stereocenters. The Morgan fingerprint density at radius 1 is 1.50 bits per heavy atom. The standard InChI is InChI=1S/C10H10O4/c1-4-2-5-6(3-13-4)8(12)10-9(14-10)7(5)11/h2-4,8-10,12H,1H3/t4-,8-,9-,10+/m0/s1. The average molecular weight is 194 g/mol. The number of aliphatic hydroxyl groups excluding tert-OH is 1. The van der Waals surface area contributed by atoms with Crippen LogP contribution in [0.25, 0.3) is 0 Å². The van der Waals surface area contributed by atoms with E-state index in [1.54, 1.807) is 6.08 Å². The predicted molar refractivity (Wildman–Crippen MR) is 46.4 cm³/mol. The molecular formula is C10H10O4. The Kier molecular flexibility index (Phi) is 1.44. The van der Waals surface area contributed by atoms with Gasteiger partial charge in [0, 0.05) is 11.1 Å². The molecule has 4 nitrogen and oxygen atoms in total. The number of Topliss-reactive ketones (excluding diaryl/α,β-unsaturated/α-hetero) is 1. The van der Waals surface area contributed by atoms with Crippen LogP contribution >= 0.6 is 0 Å². The van der Waals surface area contributed by atoms with Crippen molar-refractivity contribution in [3.63, 3.8) is 0 Å². The maximum absolute atomic E-state index is 11.7. The molecule has 0 unspecified atom stereocenters. The molecule has 1 saturated heterocycles. The molecule has 3 aliphatic rings. The monoisotopic (exact) mass is 194 g/mol. The lowest BCUT2D eigenvalue weighted by atomic mass is 9.85. The minimum atomic E-state index is -0.712. The van der Waals surface area contributed by atoms with Gasteiger partial charge in [-0.1, -0.05) is 0 Å². The molecule has 1 aliphatic carbocycles. The minimum Gasteiger partial charge on any atom is -0.494 e. The highest BCUT2D eigenvalue weighted by atomic mass is 16.6.